The van der Waals surface area contributed by atoms with E-state index in [9.17, 15) is 4.79 Å². The maximum absolute atomic E-state index is 12.3. The van der Waals surface area contributed by atoms with Gasteiger partial charge in [-0.2, -0.15) is 0 Å². The Morgan fingerprint density at radius 1 is 1.19 bits per heavy atom. The highest BCUT2D eigenvalue weighted by Crippen LogP contribution is 2.24. The fraction of sp³-hybridized carbons (Fsp3) is 0.263. The average molecular weight is 400 g/mol. The number of anilines is 1. The number of carbonyl (C=O) groups is 1. The largest absolute Gasteiger partial charge is 0.325 e. The van der Waals surface area contributed by atoms with Crippen LogP contribution >= 0.6 is 23.5 Å². The molecule has 0 spiro atoms. The van der Waals surface area contributed by atoms with E-state index in [1.807, 2.05) is 42.7 Å². The number of nitrogens with one attached hydrogen (secondary N) is 1. The molecule has 8 heteroatoms. The second-order valence-corrected chi connectivity index (χ2v) is 7.58. The lowest BCUT2D eigenvalue weighted by atomic mass is 10.2. The number of carbonyl (C=O) groups excluding carboxylic acids is 1. The Kier molecular flexibility index (Phi) is 6.89. The topological polar surface area (TPSA) is 72.7 Å². The molecule has 0 unspecified atom stereocenters. The van der Waals surface area contributed by atoms with Gasteiger partial charge in [-0.05, 0) is 43.0 Å². The maximum atomic E-state index is 12.3. The van der Waals surface area contributed by atoms with Gasteiger partial charge >= 0.3 is 0 Å². The monoisotopic (exact) mass is 399 g/mol. The Morgan fingerprint density at radius 2 is 2.00 bits per heavy atom. The van der Waals surface area contributed by atoms with Gasteiger partial charge in [-0.3, -0.25) is 9.78 Å². The highest BCUT2D eigenvalue weighted by Gasteiger charge is 2.15. The van der Waals surface area contributed by atoms with Crippen molar-refractivity contribution in [3.05, 3.63) is 48.8 Å². The lowest BCUT2D eigenvalue weighted by molar-refractivity contribution is -0.113. The number of nitrogens with zero attached hydrogens (tertiary/aromatic N) is 4. The van der Waals surface area contributed by atoms with E-state index in [1.165, 1.54) is 11.8 Å². The van der Waals surface area contributed by atoms with Crippen LogP contribution in [0.25, 0.3) is 11.4 Å². The summed E-state index contributed by atoms with van der Waals surface area (Å²) in [5, 5.41) is 12.3. The Balaban J connectivity index is 1.68. The molecule has 2 heterocycles. The number of thioether (sulfide) groups is 2. The summed E-state index contributed by atoms with van der Waals surface area (Å²) in [5.41, 5.74) is 1.77. The molecule has 2 aromatic heterocycles. The molecule has 1 amide bonds. The van der Waals surface area contributed by atoms with Crippen molar-refractivity contribution < 1.29 is 4.79 Å². The van der Waals surface area contributed by atoms with E-state index in [0.717, 1.165) is 40.1 Å². The number of amides is 1. The fourth-order valence-corrected chi connectivity index (χ4v) is 3.79. The van der Waals surface area contributed by atoms with Gasteiger partial charge in [-0.1, -0.05) is 24.8 Å². The quantitative estimate of drug-likeness (QED) is 0.572. The van der Waals surface area contributed by atoms with Crippen molar-refractivity contribution in [1.82, 2.24) is 19.7 Å². The van der Waals surface area contributed by atoms with Crippen LogP contribution in [0.1, 0.15) is 13.3 Å². The summed E-state index contributed by atoms with van der Waals surface area (Å²) in [6.07, 6.45) is 6.45. The molecular formula is C19H21N5OS2. The first-order chi connectivity index (χ1) is 13.2. The lowest BCUT2D eigenvalue weighted by Crippen LogP contribution is -2.14. The van der Waals surface area contributed by atoms with Gasteiger partial charge < -0.3 is 9.88 Å². The number of hydrogen-bond acceptors (Lipinski definition) is 6. The van der Waals surface area contributed by atoms with E-state index in [4.69, 9.17) is 0 Å². The summed E-state index contributed by atoms with van der Waals surface area (Å²) >= 11 is 3.04. The van der Waals surface area contributed by atoms with Gasteiger partial charge in [0.05, 0.1) is 5.75 Å². The first-order valence-electron chi connectivity index (χ1n) is 8.61. The first-order valence-corrected chi connectivity index (χ1v) is 10.8. The number of pyridine rings is 1. The predicted molar refractivity (Wildman–Crippen MR) is 111 cm³/mol. The summed E-state index contributed by atoms with van der Waals surface area (Å²) in [7, 11) is 0. The summed E-state index contributed by atoms with van der Waals surface area (Å²) in [5.74, 6) is 1.02. The zero-order chi connectivity index (χ0) is 19.1. The van der Waals surface area contributed by atoms with Gasteiger partial charge in [-0.25, -0.2) is 0 Å². The minimum Gasteiger partial charge on any atom is -0.325 e. The van der Waals surface area contributed by atoms with Crippen LogP contribution in [-0.2, 0) is 11.3 Å². The van der Waals surface area contributed by atoms with Crippen molar-refractivity contribution in [3.8, 4) is 11.4 Å². The minimum absolute atomic E-state index is 0.0604. The van der Waals surface area contributed by atoms with E-state index in [1.54, 1.807) is 24.2 Å². The zero-order valence-electron chi connectivity index (χ0n) is 15.3. The van der Waals surface area contributed by atoms with Gasteiger partial charge in [0, 0.05) is 35.1 Å². The third-order valence-corrected chi connectivity index (χ3v) is 5.48. The Bertz CT molecular complexity index is 898. The summed E-state index contributed by atoms with van der Waals surface area (Å²) in [4.78, 5) is 17.5. The molecule has 0 aliphatic rings. The van der Waals surface area contributed by atoms with Gasteiger partial charge in [0.2, 0.25) is 5.91 Å². The van der Waals surface area contributed by atoms with E-state index >= 15 is 0 Å². The predicted octanol–water partition coefficient (Wildman–Crippen LogP) is 4.20. The fourth-order valence-electron chi connectivity index (χ4n) is 2.56. The summed E-state index contributed by atoms with van der Waals surface area (Å²) in [6, 6.07) is 11.6. The second-order valence-electron chi connectivity index (χ2n) is 5.76. The maximum Gasteiger partial charge on any atom is 0.234 e. The number of benzene rings is 1. The molecule has 0 aliphatic heterocycles. The van der Waals surface area contributed by atoms with Crippen molar-refractivity contribution in [3.63, 3.8) is 0 Å². The highest BCUT2D eigenvalue weighted by molar-refractivity contribution is 7.99. The number of aromatic nitrogens is 4. The number of rotatable bonds is 8. The van der Waals surface area contributed by atoms with Crippen LogP contribution in [-0.4, -0.2) is 37.7 Å². The Labute approximate surface area is 167 Å². The van der Waals surface area contributed by atoms with E-state index in [-0.39, 0.29) is 11.7 Å². The van der Waals surface area contributed by atoms with Crippen LogP contribution in [0.2, 0.25) is 0 Å². The van der Waals surface area contributed by atoms with Gasteiger partial charge in [0.25, 0.3) is 0 Å². The van der Waals surface area contributed by atoms with E-state index < -0.39 is 0 Å². The Morgan fingerprint density at radius 3 is 2.74 bits per heavy atom. The molecule has 3 aromatic rings. The molecule has 0 saturated heterocycles. The first kappa shape index (κ1) is 19.4. The van der Waals surface area contributed by atoms with Gasteiger partial charge in [0.1, 0.15) is 0 Å². The average Bonchev–Trinajstić information content (AvgIpc) is 3.10. The third kappa shape index (κ3) is 5.11. The molecule has 6 nitrogen and oxygen atoms in total. The molecule has 1 aromatic carbocycles. The van der Waals surface area contributed by atoms with Gasteiger partial charge in [-0.15, -0.1) is 22.0 Å². The van der Waals surface area contributed by atoms with E-state index in [2.05, 4.69) is 32.0 Å². The van der Waals surface area contributed by atoms with Crippen molar-refractivity contribution in [2.24, 2.45) is 0 Å². The minimum atomic E-state index is -0.0604. The molecular weight excluding hydrogens is 378 g/mol. The van der Waals surface area contributed by atoms with Crippen molar-refractivity contribution >= 4 is 35.1 Å². The molecule has 0 fully saturated rings. The normalized spacial score (nSPS) is 10.7. The highest BCUT2D eigenvalue weighted by atomic mass is 32.2. The second kappa shape index (κ2) is 9.57. The van der Waals surface area contributed by atoms with Gasteiger partial charge in [0.15, 0.2) is 11.0 Å². The van der Waals surface area contributed by atoms with Crippen molar-refractivity contribution in [1.29, 1.82) is 0 Å². The SMILES string of the molecule is CCCn1c(SCC(=O)Nc2cccc(SC)c2)nnc1-c1ccncc1. The molecule has 0 saturated carbocycles. The summed E-state index contributed by atoms with van der Waals surface area (Å²) < 4.78 is 2.06. The van der Waals surface area contributed by atoms with Crippen LogP contribution in [0.5, 0.6) is 0 Å². The molecule has 140 valence electrons. The van der Waals surface area contributed by atoms with Crippen LogP contribution < -0.4 is 5.32 Å². The Hall–Kier alpha value is -2.32. The summed E-state index contributed by atoms with van der Waals surface area (Å²) in [6.45, 7) is 2.90. The molecule has 27 heavy (non-hydrogen) atoms. The molecule has 0 atom stereocenters. The standard InChI is InChI=1S/C19H21N5OS2/c1-3-11-24-18(14-7-9-20-10-8-14)22-23-19(24)27-13-17(25)21-15-5-4-6-16(12-15)26-2/h4-10,12H,3,11,13H2,1-2H3,(H,21,25). The number of hydrogen-bond donors (Lipinski definition) is 1. The van der Waals surface area contributed by atoms with Crippen molar-refractivity contribution in [2.45, 2.75) is 29.9 Å². The molecule has 0 aliphatic carbocycles. The van der Waals surface area contributed by atoms with Crippen LogP contribution in [0.3, 0.4) is 0 Å². The third-order valence-electron chi connectivity index (χ3n) is 3.79. The smallest absolute Gasteiger partial charge is 0.234 e. The van der Waals surface area contributed by atoms with Crippen molar-refractivity contribution in [2.75, 3.05) is 17.3 Å². The van der Waals surface area contributed by atoms with Crippen LogP contribution in [0, 0.1) is 0 Å². The molecule has 0 radical (unpaired) electrons. The van der Waals surface area contributed by atoms with E-state index in [0.29, 0.717) is 0 Å². The molecule has 0 bridgehead atoms. The van der Waals surface area contributed by atoms with Crippen LogP contribution in [0.15, 0.2) is 58.8 Å². The lowest BCUT2D eigenvalue weighted by Gasteiger charge is -2.09. The molecule has 3 rings (SSSR count). The van der Waals surface area contributed by atoms with Crippen LogP contribution in [0.4, 0.5) is 5.69 Å². The zero-order valence-corrected chi connectivity index (χ0v) is 16.9. The molecule has 1 N–H and O–H groups in total.